The molecule has 3 rings (SSSR count). The Morgan fingerprint density at radius 3 is 2.86 bits per heavy atom. The first kappa shape index (κ1) is 13.4. The van der Waals surface area contributed by atoms with Crippen LogP contribution in [0.4, 0.5) is 5.69 Å². The van der Waals surface area contributed by atoms with E-state index in [2.05, 4.69) is 9.71 Å². The molecule has 2 aromatic carbocycles. The van der Waals surface area contributed by atoms with Gasteiger partial charge in [-0.25, -0.2) is 13.4 Å². The number of fused-ring (bicyclic) bond motifs is 1. The van der Waals surface area contributed by atoms with E-state index in [0.717, 1.165) is 0 Å². The molecule has 0 saturated carbocycles. The molecular formula is C14H12N2O4S. The zero-order chi connectivity index (χ0) is 14.9. The lowest BCUT2D eigenvalue weighted by Gasteiger charge is -2.09. The third-order valence-corrected chi connectivity index (χ3v) is 4.31. The lowest BCUT2D eigenvalue weighted by Crippen LogP contribution is -2.12. The molecule has 0 unspecified atom stereocenters. The first-order chi connectivity index (χ1) is 10.1. The molecule has 0 aliphatic heterocycles. The van der Waals surface area contributed by atoms with Gasteiger partial charge >= 0.3 is 0 Å². The third-order valence-electron chi connectivity index (χ3n) is 2.93. The van der Waals surface area contributed by atoms with E-state index in [0.29, 0.717) is 22.5 Å². The summed E-state index contributed by atoms with van der Waals surface area (Å²) < 4.78 is 37.3. The van der Waals surface area contributed by atoms with E-state index in [1.165, 1.54) is 25.6 Å². The Kier molecular flexibility index (Phi) is 3.26. The molecular weight excluding hydrogens is 292 g/mol. The number of benzene rings is 2. The van der Waals surface area contributed by atoms with Crippen molar-refractivity contribution in [3.63, 3.8) is 0 Å². The molecule has 0 bridgehead atoms. The van der Waals surface area contributed by atoms with Crippen LogP contribution in [0.1, 0.15) is 0 Å². The van der Waals surface area contributed by atoms with Gasteiger partial charge in [0, 0.05) is 6.07 Å². The Hall–Kier alpha value is -2.54. The summed E-state index contributed by atoms with van der Waals surface area (Å²) in [6, 6.07) is 11.1. The standard InChI is InChI=1S/C14H12N2O4S/c1-19-11-3-2-4-12(8-11)21(17,18)16-10-5-6-14-13(7-10)15-9-20-14/h2-9,16H,1H3. The summed E-state index contributed by atoms with van der Waals surface area (Å²) in [7, 11) is -2.20. The number of hydrogen-bond acceptors (Lipinski definition) is 5. The summed E-state index contributed by atoms with van der Waals surface area (Å²) in [6.45, 7) is 0. The van der Waals surface area contributed by atoms with Gasteiger partial charge < -0.3 is 9.15 Å². The molecule has 6 nitrogen and oxygen atoms in total. The maximum absolute atomic E-state index is 12.3. The number of hydrogen-bond donors (Lipinski definition) is 1. The highest BCUT2D eigenvalue weighted by Crippen LogP contribution is 2.22. The lowest BCUT2D eigenvalue weighted by molar-refractivity contribution is 0.413. The molecule has 0 amide bonds. The molecule has 7 heteroatoms. The van der Waals surface area contributed by atoms with Gasteiger partial charge in [0.15, 0.2) is 12.0 Å². The van der Waals surface area contributed by atoms with Gasteiger partial charge in [-0.2, -0.15) is 0 Å². The molecule has 21 heavy (non-hydrogen) atoms. The van der Waals surface area contributed by atoms with Gasteiger partial charge in [-0.3, -0.25) is 4.72 Å². The number of ether oxygens (including phenoxy) is 1. The number of nitrogens with one attached hydrogen (secondary N) is 1. The summed E-state index contributed by atoms with van der Waals surface area (Å²) in [5, 5.41) is 0. The van der Waals surface area contributed by atoms with E-state index in [1.54, 1.807) is 30.3 Å². The number of rotatable bonds is 4. The van der Waals surface area contributed by atoms with Crippen LogP contribution in [-0.4, -0.2) is 20.5 Å². The highest BCUT2D eigenvalue weighted by atomic mass is 32.2. The number of oxazole rings is 1. The molecule has 3 aromatic rings. The topological polar surface area (TPSA) is 81.4 Å². The van der Waals surface area contributed by atoms with Crippen molar-refractivity contribution >= 4 is 26.8 Å². The molecule has 108 valence electrons. The minimum Gasteiger partial charge on any atom is -0.497 e. The van der Waals surface area contributed by atoms with E-state index < -0.39 is 10.0 Å². The molecule has 0 aliphatic carbocycles. The average molecular weight is 304 g/mol. The summed E-state index contributed by atoms with van der Waals surface area (Å²) >= 11 is 0. The van der Waals surface area contributed by atoms with Crippen molar-refractivity contribution in [2.45, 2.75) is 4.90 Å². The smallest absolute Gasteiger partial charge is 0.262 e. The van der Waals surface area contributed by atoms with Crippen LogP contribution >= 0.6 is 0 Å². The maximum atomic E-state index is 12.3. The minimum absolute atomic E-state index is 0.127. The van der Waals surface area contributed by atoms with Gasteiger partial charge in [0.2, 0.25) is 0 Å². The zero-order valence-corrected chi connectivity index (χ0v) is 11.9. The van der Waals surface area contributed by atoms with Gasteiger partial charge in [0.1, 0.15) is 11.3 Å². The molecule has 0 fully saturated rings. The second kappa shape index (κ2) is 5.10. The van der Waals surface area contributed by atoms with E-state index in [9.17, 15) is 8.42 Å². The monoisotopic (exact) mass is 304 g/mol. The molecule has 1 heterocycles. The number of sulfonamides is 1. The predicted molar refractivity (Wildman–Crippen MR) is 77.8 cm³/mol. The molecule has 0 aliphatic rings. The molecule has 0 atom stereocenters. The zero-order valence-electron chi connectivity index (χ0n) is 11.1. The van der Waals surface area contributed by atoms with E-state index in [-0.39, 0.29) is 4.90 Å². The quantitative estimate of drug-likeness (QED) is 0.801. The largest absolute Gasteiger partial charge is 0.497 e. The van der Waals surface area contributed by atoms with Gasteiger partial charge in [-0.1, -0.05) is 6.07 Å². The summed E-state index contributed by atoms with van der Waals surface area (Å²) in [5.41, 5.74) is 1.60. The van der Waals surface area contributed by atoms with Crippen molar-refractivity contribution in [1.29, 1.82) is 0 Å². The van der Waals surface area contributed by atoms with Crippen molar-refractivity contribution in [1.82, 2.24) is 4.98 Å². The van der Waals surface area contributed by atoms with Gasteiger partial charge in [0.25, 0.3) is 10.0 Å². The fourth-order valence-electron chi connectivity index (χ4n) is 1.90. The number of anilines is 1. The Labute approximate surface area is 121 Å². The van der Waals surface area contributed by atoms with Crippen LogP contribution in [0.25, 0.3) is 11.1 Å². The Balaban J connectivity index is 1.94. The molecule has 1 aromatic heterocycles. The summed E-state index contributed by atoms with van der Waals surface area (Å²) in [6.07, 6.45) is 1.31. The van der Waals surface area contributed by atoms with Crippen molar-refractivity contribution < 1.29 is 17.6 Å². The van der Waals surface area contributed by atoms with Crippen molar-refractivity contribution in [2.75, 3.05) is 11.8 Å². The normalized spacial score (nSPS) is 11.5. The minimum atomic E-state index is -3.69. The van der Waals surface area contributed by atoms with Crippen LogP contribution in [0.3, 0.4) is 0 Å². The van der Waals surface area contributed by atoms with Crippen molar-refractivity contribution in [2.24, 2.45) is 0 Å². The Morgan fingerprint density at radius 2 is 2.05 bits per heavy atom. The maximum Gasteiger partial charge on any atom is 0.262 e. The lowest BCUT2D eigenvalue weighted by atomic mass is 10.3. The summed E-state index contributed by atoms with van der Waals surface area (Å²) in [4.78, 5) is 4.11. The second-order valence-corrected chi connectivity index (χ2v) is 6.00. The van der Waals surface area contributed by atoms with Crippen LogP contribution in [0.2, 0.25) is 0 Å². The fourth-order valence-corrected chi connectivity index (χ4v) is 2.99. The highest BCUT2D eigenvalue weighted by molar-refractivity contribution is 7.92. The van der Waals surface area contributed by atoms with Crippen LogP contribution in [0.15, 0.2) is 58.2 Å². The first-order valence-corrected chi connectivity index (χ1v) is 7.57. The van der Waals surface area contributed by atoms with Crippen LogP contribution in [0, 0.1) is 0 Å². The van der Waals surface area contributed by atoms with Crippen molar-refractivity contribution in [3.8, 4) is 5.75 Å². The molecule has 1 N–H and O–H groups in total. The number of nitrogens with zero attached hydrogens (tertiary/aromatic N) is 1. The Morgan fingerprint density at radius 1 is 1.19 bits per heavy atom. The van der Waals surface area contributed by atoms with Crippen LogP contribution < -0.4 is 9.46 Å². The number of aromatic nitrogens is 1. The molecule has 0 saturated heterocycles. The molecule has 0 spiro atoms. The SMILES string of the molecule is COc1cccc(S(=O)(=O)Nc2ccc3ocnc3c2)c1. The third kappa shape index (κ3) is 2.68. The number of methoxy groups -OCH3 is 1. The fraction of sp³-hybridized carbons (Fsp3) is 0.0714. The Bertz CT molecular complexity index is 887. The van der Waals surface area contributed by atoms with Crippen LogP contribution in [-0.2, 0) is 10.0 Å². The van der Waals surface area contributed by atoms with E-state index in [4.69, 9.17) is 9.15 Å². The highest BCUT2D eigenvalue weighted by Gasteiger charge is 2.15. The van der Waals surface area contributed by atoms with E-state index >= 15 is 0 Å². The summed E-state index contributed by atoms with van der Waals surface area (Å²) in [5.74, 6) is 0.477. The van der Waals surface area contributed by atoms with Gasteiger partial charge in [-0.05, 0) is 30.3 Å². The van der Waals surface area contributed by atoms with Crippen molar-refractivity contribution in [3.05, 3.63) is 48.9 Å². The first-order valence-electron chi connectivity index (χ1n) is 6.08. The van der Waals surface area contributed by atoms with Gasteiger partial charge in [0.05, 0.1) is 17.7 Å². The van der Waals surface area contributed by atoms with E-state index in [1.807, 2.05) is 0 Å². The van der Waals surface area contributed by atoms with Crippen LogP contribution in [0.5, 0.6) is 5.75 Å². The molecule has 0 radical (unpaired) electrons. The second-order valence-electron chi connectivity index (χ2n) is 4.32. The van der Waals surface area contributed by atoms with Gasteiger partial charge in [-0.15, -0.1) is 0 Å². The predicted octanol–water partition coefficient (Wildman–Crippen LogP) is 2.64. The average Bonchev–Trinajstić information content (AvgIpc) is 2.94.